The number of carbonyl (C=O) groups excluding carboxylic acids is 1. The van der Waals surface area contributed by atoms with Gasteiger partial charge >= 0.3 is 0 Å². The van der Waals surface area contributed by atoms with E-state index in [0.29, 0.717) is 0 Å². The van der Waals surface area contributed by atoms with Crippen molar-refractivity contribution < 1.29 is 4.79 Å². The third kappa shape index (κ3) is 2.84. The molecule has 0 radical (unpaired) electrons. The van der Waals surface area contributed by atoms with E-state index in [0.717, 1.165) is 31.5 Å². The molecule has 112 valence electrons. The van der Waals surface area contributed by atoms with Crippen molar-refractivity contribution in [2.75, 3.05) is 13.1 Å². The van der Waals surface area contributed by atoms with Gasteiger partial charge in [0.05, 0.1) is 18.6 Å². The Balaban J connectivity index is 1.69. The minimum Gasteiger partial charge on any atom is -0.339 e. The molecule has 0 aliphatic carbocycles. The predicted molar refractivity (Wildman–Crippen MR) is 78.8 cm³/mol. The summed E-state index contributed by atoms with van der Waals surface area (Å²) in [5.41, 5.74) is 1.16. The summed E-state index contributed by atoms with van der Waals surface area (Å²) < 4.78 is 3.85. The van der Waals surface area contributed by atoms with E-state index < -0.39 is 0 Å². The second-order valence-electron chi connectivity index (χ2n) is 5.76. The first-order valence-electron chi connectivity index (χ1n) is 7.42. The number of amides is 1. The van der Waals surface area contributed by atoms with E-state index in [1.54, 1.807) is 12.5 Å². The van der Waals surface area contributed by atoms with Crippen LogP contribution in [0.4, 0.5) is 0 Å². The molecule has 1 saturated heterocycles. The molecule has 2 aromatic heterocycles. The number of rotatable bonds is 3. The SMILES string of the molecule is Cc1cnn(C2CCCN(C(=O)C(C)n3ccnc3)C2)c1. The predicted octanol–water partition coefficient (Wildman–Crippen LogP) is 1.81. The molecular formula is C15H21N5O. The highest BCUT2D eigenvalue weighted by Gasteiger charge is 2.28. The first kappa shape index (κ1) is 13.9. The normalized spacial score (nSPS) is 20.5. The molecule has 2 unspecified atom stereocenters. The smallest absolute Gasteiger partial charge is 0.245 e. The number of nitrogens with zero attached hydrogens (tertiary/aromatic N) is 5. The number of carbonyl (C=O) groups is 1. The van der Waals surface area contributed by atoms with Crippen LogP contribution in [-0.4, -0.2) is 43.2 Å². The Morgan fingerprint density at radius 2 is 2.33 bits per heavy atom. The number of aryl methyl sites for hydroxylation is 1. The highest BCUT2D eigenvalue weighted by atomic mass is 16.2. The van der Waals surface area contributed by atoms with Crippen LogP contribution in [0, 0.1) is 6.92 Å². The van der Waals surface area contributed by atoms with E-state index in [1.165, 1.54) is 0 Å². The maximum absolute atomic E-state index is 12.6. The Hall–Kier alpha value is -2.11. The van der Waals surface area contributed by atoms with Crippen LogP contribution in [0.5, 0.6) is 0 Å². The average molecular weight is 287 g/mol. The summed E-state index contributed by atoms with van der Waals surface area (Å²) >= 11 is 0. The fourth-order valence-corrected chi connectivity index (χ4v) is 2.89. The van der Waals surface area contributed by atoms with E-state index in [4.69, 9.17) is 0 Å². The molecule has 1 amide bonds. The second-order valence-corrected chi connectivity index (χ2v) is 5.76. The number of piperidine rings is 1. The van der Waals surface area contributed by atoms with Gasteiger partial charge in [-0.3, -0.25) is 9.48 Å². The van der Waals surface area contributed by atoms with Crippen LogP contribution in [-0.2, 0) is 4.79 Å². The minimum absolute atomic E-state index is 0.154. The fourth-order valence-electron chi connectivity index (χ4n) is 2.89. The summed E-state index contributed by atoms with van der Waals surface area (Å²) in [6, 6.07) is 0.0806. The van der Waals surface area contributed by atoms with Crippen LogP contribution in [0.25, 0.3) is 0 Å². The van der Waals surface area contributed by atoms with Crippen LogP contribution in [0.3, 0.4) is 0 Å². The van der Waals surface area contributed by atoms with Crippen LogP contribution in [0.15, 0.2) is 31.1 Å². The topological polar surface area (TPSA) is 56.0 Å². The highest BCUT2D eigenvalue weighted by Crippen LogP contribution is 2.23. The van der Waals surface area contributed by atoms with Crippen molar-refractivity contribution in [1.29, 1.82) is 0 Å². The van der Waals surface area contributed by atoms with Gasteiger partial charge in [-0.05, 0) is 32.3 Å². The van der Waals surface area contributed by atoms with Crippen molar-refractivity contribution in [2.24, 2.45) is 0 Å². The maximum Gasteiger partial charge on any atom is 0.245 e. The molecule has 6 nitrogen and oxygen atoms in total. The van der Waals surface area contributed by atoms with Gasteiger partial charge in [-0.15, -0.1) is 0 Å². The van der Waals surface area contributed by atoms with Gasteiger partial charge in [0.15, 0.2) is 0 Å². The molecule has 0 saturated carbocycles. The Kier molecular flexibility index (Phi) is 3.77. The van der Waals surface area contributed by atoms with Gasteiger partial charge < -0.3 is 9.47 Å². The van der Waals surface area contributed by atoms with Crippen molar-refractivity contribution in [2.45, 2.75) is 38.8 Å². The first-order chi connectivity index (χ1) is 10.1. The molecule has 2 aromatic rings. The quantitative estimate of drug-likeness (QED) is 0.865. The van der Waals surface area contributed by atoms with Gasteiger partial charge in [-0.1, -0.05) is 0 Å². The van der Waals surface area contributed by atoms with Crippen molar-refractivity contribution >= 4 is 5.91 Å². The molecule has 1 aliphatic rings. The lowest BCUT2D eigenvalue weighted by atomic mass is 10.0. The number of imidazole rings is 1. The monoisotopic (exact) mass is 287 g/mol. The zero-order valence-corrected chi connectivity index (χ0v) is 12.5. The lowest BCUT2D eigenvalue weighted by Crippen LogP contribution is -2.43. The van der Waals surface area contributed by atoms with E-state index in [9.17, 15) is 4.79 Å². The lowest BCUT2D eigenvalue weighted by molar-refractivity contribution is -0.136. The summed E-state index contributed by atoms with van der Waals surface area (Å²) in [7, 11) is 0. The molecule has 21 heavy (non-hydrogen) atoms. The summed E-state index contributed by atoms with van der Waals surface area (Å²) in [5, 5.41) is 4.39. The number of likely N-dealkylation sites (tertiary alicyclic amines) is 1. The average Bonchev–Trinajstić information content (AvgIpc) is 3.17. The lowest BCUT2D eigenvalue weighted by Gasteiger charge is -2.34. The molecule has 2 atom stereocenters. The third-order valence-corrected chi connectivity index (χ3v) is 4.14. The van der Waals surface area contributed by atoms with E-state index in [1.807, 2.05) is 40.4 Å². The first-order valence-corrected chi connectivity index (χ1v) is 7.42. The summed E-state index contributed by atoms with van der Waals surface area (Å²) in [5.74, 6) is 0.154. The Morgan fingerprint density at radius 3 is 3.00 bits per heavy atom. The molecule has 0 spiro atoms. The Labute approximate surface area is 124 Å². The maximum atomic E-state index is 12.6. The number of hydrogen-bond acceptors (Lipinski definition) is 3. The van der Waals surface area contributed by atoms with Crippen molar-refractivity contribution in [3.63, 3.8) is 0 Å². The molecule has 0 N–H and O–H groups in total. The largest absolute Gasteiger partial charge is 0.339 e. The van der Waals surface area contributed by atoms with Gasteiger partial charge in [0.1, 0.15) is 6.04 Å². The second kappa shape index (κ2) is 5.71. The van der Waals surface area contributed by atoms with Gasteiger partial charge in [0, 0.05) is 31.7 Å². The molecule has 1 aliphatic heterocycles. The van der Waals surface area contributed by atoms with Crippen LogP contribution >= 0.6 is 0 Å². The van der Waals surface area contributed by atoms with Crippen LogP contribution in [0.2, 0.25) is 0 Å². The summed E-state index contributed by atoms with van der Waals surface area (Å²) in [6.45, 7) is 5.52. The summed E-state index contributed by atoms with van der Waals surface area (Å²) in [6.07, 6.45) is 11.3. The molecule has 0 bridgehead atoms. The number of hydrogen-bond donors (Lipinski definition) is 0. The van der Waals surface area contributed by atoms with Crippen molar-refractivity contribution in [3.05, 3.63) is 36.7 Å². The third-order valence-electron chi connectivity index (χ3n) is 4.14. The fraction of sp³-hybridized carbons (Fsp3) is 0.533. The zero-order chi connectivity index (χ0) is 14.8. The van der Waals surface area contributed by atoms with Crippen LogP contribution in [0.1, 0.15) is 37.4 Å². The minimum atomic E-state index is -0.203. The Bertz CT molecular complexity index is 603. The zero-order valence-electron chi connectivity index (χ0n) is 12.5. The van der Waals surface area contributed by atoms with Gasteiger partial charge in [-0.2, -0.15) is 5.10 Å². The van der Waals surface area contributed by atoms with Crippen molar-refractivity contribution in [1.82, 2.24) is 24.2 Å². The standard InChI is InChI=1S/C15H21N5O/c1-12-8-17-20(9-12)14-4-3-6-18(10-14)15(21)13(2)19-7-5-16-11-19/h5,7-9,11,13-14H,3-4,6,10H2,1-2H3. The molecule has 3 rings (SSSR count). The van der Waals surface area contributed by atoms with Gasteiger partial charge in [0.2, 0.25) is 5.91 Å². The van der Waals surface area contributed by atoms with E-state index >= 15 is 0 Å². The molecule has 1 fully saturated rings. The molecule has 0 aromatic carbocycles. The molecule has 3 heterocycles. The van der Waals surface area contributed by atoms with E-state index in [2.05, 4.69) is 16.3 Å². The number of aromatic nitrogens is 4. The summed E-state index contributed by atoms with van der Waals surface area (Å²) in [4.78, 5) is 18.6. The Morgan fingerprint density at radius 1 is 1.48 bits per heavy atom. The molecule has 6 heteroatoms. The van der Waals surface area contributed by atoms with Gasteiger partial charge in [-0.25, -0.2) is 4.98 Å². The molecular weight excluding hydrogens is 266 g/mol. The van der Waals surface area contributed by atoms with Crippen molar-refractivity contribution in [3.8, 4) is 0 Å². The van der Waals surface area contributed by atoms with Gasteiger partial charge in [0.25, 0.3) is 0 Å². The highest BCUT2D eigenvalue weighted by molar-refractivity contribution is 5.80. The van der Waals surface area contributed by atoms with Crippen LogP contribution < -0.4 is 0 Å². The van der Waals surface area contributed by atoms with E-state index in [-0.39, 0.29) is 18.0 Å².